The lowest BCUT2D eigenvalue weighted by molar-refractivity contribution is 0.249. The minimum Gasteiger partial charge on any atom is -0.454 e. The summed E-state index contributed by atoms with van der Waals surface area (Å²) < 4.78 is 8.03. The lowest BCUT2D eigenvalue weighted by Gasteiger charge is -2.28. The number of amides is 2. The molecule has 9 nitrogen and oxygen atoms in total. The highest BCUT2D eigenvalue weighted by Gasteiger charge is 2.32. The molecule has 0 fully saturated rings. The summed E-state index contributed by atoms with van der Waals surface area (Å²) in [6.45, 7) is 7.04. The molecule has 0 spiro atoms. The van der Waals surface area contributed by atoms with E-state index in [1.165, 1.54) is 0 Å². The molecule has 0 saturated carbocycles. The molecule has 41 heavy (non-hydrogen) atoms. The molecule has 2 amide bonds. The van der Waals surface area contributed by atoms with E-state index < -0.39 is 0 Å². The number of aromatic nitrogens is 5. The molecule has 2 aromatic heterocycles. The van der Waals surface area contributed by atoms with Crippen LogP contribution >= 0.6 is 11.6 Å². The van der Waals surface area contributed by atoms with Crippen molar-refractivity contribution < 1.29 is 9.53 Å². The fourth-order valence-electron chi connectivity index (χ4n) is 4.78. The third-order valence-electron chi connectivity index (χ3n) is 6.74. The zero-order valence-corrected chi connectivity index (χ0v) is 23.0. The van der Waals surface area contributed by atoms with Crippen molar-refractivity contribution in [1.82, 2.24) is 30.0 Å². The first-order valence-corrected chi connectivity index (χ1v) is 13.5. The minimum absolute atomic E-state index is 0.0672. The predicted octanol–water partition coefficient (Wildman–Crippen LogP) is 6.35. The fourth-order valence-corrected chi connectivity index (χ4v) is 4.91. The van der Waals surface area contributed by atoms with Crippen LogP contribution in [0.2, 0.25) is 5.02 Å². The third kappa shape index (κ3) is 5.27. The van der Waals surface area contributed by atoms with Gasteiger partial charge in [-0.3, -0.25) is 4.90 Å². The lowest BCUT2D eigenvalue weighted by atomic mass is 10.0. The Hall–Kier alpha value is -5.02. The molecule has 0 unspecified atom stereocenters. The van der Waals surface area contributed by atoms with Gasteiger partial charge in [-0.1, -0.05) is 96.1 Å². The number of fused-ring (bicyclic) bond motifs is 1. The van der Waals surface area contributed by atoms with Gasteiger partial charge in [0.15, 0.2) is 5.82 Å². The van der Waals surface area contributed by atoms with Gasteiger partial charge in [-0.2, -0.15) is 4.98 Å². The van der Waals surface area contributed by atoms with Crippen LogP contribution in [-0.2, 0) is 19.7 Å². The van der Waals surface area contributed by atoms with Crippen LogP contribution in [0.15, 0.2) is 91.5 Å². The highest BCUT2D eigenvalue weighted by atomic mass is 35.5. The van der Waals surface area contributed by atoms with Crippen LogP contribution in [0.25, 0.3) is 28.2 Å². The van der Waals surface area contributed by atoms with Crippen molar-refractivity contribution >= 4 is 29.1 Å². The Morgan fingerprint density at radius 3 is 2.20 bits per heavy atom. The normalized spacial score (nSPS) is 12.7. The number of benzene rings is 3. The van der Waals surface area contributed by atoms with Gasteiger partial charge >= 0.3 is 12.0 Å². The first-order chi connectivity index (χ1) is 20.0. The average Bonchev–Trinajstić information content (AvgIpc) is 3.39. The van der Waals surface area contributed by atoms with E-state index in [4.69, 9.17) is 26.3 Å². The summed E-state index contributed by atoms with van der Waals surface area (Å²) in [5.41, 5.74) is 5.25. The van der Waals surface area contributed by atoms with Crippen LogP contribution in [0.5, 0.6) is 6.01 Å². The molecule has 204 valence electrons. The predicted molar refractivity (Wildman–Crippen MR) is 158 cm³/mol. The summed E-state index contributed by atoms with van der Waals surface area (Å²) in [6.07, 6.45) is 0. The molecule has 1 aliphatic rings. The molecular formula is C31H26ClN7O2. The molecule has 0 atom stereocenters. The van der Waals surface area contributed by atoms with E-state index in [1.54, 1.807) is 17.0 Å². The zero-order chi connectivity index (χ0) is 28.3. The number of urea groups is 1. The van der Waals surface area contributed by atoms with Crippen molar-refractivity contribution in [2.75, 3.05) is 4.90 Å². The number of anilines is 1. The smallest absolute Gasteiger partial charge is 0.336 e. The van der Waals surface area contributed by atoms with Crippen molar-refractivity contribution in [3.8, 4) is 28.5 Å². The molecule has 0 bridgehead atoms. The first-order valence-electron chi connectivity index (χ1n) is 13.1. The molecule has 6 rings (SSSR count). The molecular weight excluding hydrogens is 538 g/mol. The fraction of sp³-hybridized carbons (Fsp3) is 0.129. The molecule has 0 radical (unpaired) electrons. The molecule has 0 saturated heterocycles. The van der Waals surface area contributed by atoms with Crippen LogP contribution < -0.4 is 15.0 Å². The Morgan fingerprint density at radius 1 is 0.878 bits per heavy atom. The molecule has 1 N–H and O–H groups in total. The van der Waals surface area contributed by atoms with Gasteiger partial charge in [0.2, 0.25) is 0 Å². The van der Waals surface area contributed by atoms with Crippen LogP contribution in [-0.4, -0.2) is 30.8 Å². The number of halogens is 1. The number of carbonyl (C=O) groups excluding carboxylic acids is 1. The van der Waals surface area contributed by atoms with E-state index in [0.29, 0.717) is 46.8 Å². The maximum atomic E-state index is 13.0. The van der Waals surface area contributed by atoms with Crippen molar-refractivity contribution in [3.05, 3.63) is 114 Å². The van der Waals surface area contributed by atoms with Crippen LogP contribution in [0, 0.1) is 0 Å². The second-order valence-corrected chi connectivity index (χ2v) is 9.81. The Kier molecular flexibility index (Phi) is 7.18. The number of imidazole rings is 1. The quantitative estimate of drug-likeness (QED) is 0.236. The summed E-state index contributed by atoms with van der Waals surface area (Å²) in [6, 6.07) is 26.8. The molecule has 5 aromatic rings. The number of hydrogen-bond donors (Lipinski definition) is 1. The molecule has 1 aliphatic heterocycles. The number of hydrogen-bond acceptors (Lipinski definition) is 6. The van der Waals surface area contributed by atoms with E-state index >= 15 is 0 Å². The van der Waals surface area contributed by atoms with E-state index in [2.05, 4.69) is 22.1 Å². The van der Waals surface area contributed by atoms with Gasteiger partial charge in [0.25, 0.3) is 0 Å². The van der Waals surface area contributed by atoms with Gasteiger partial charge in [-0.05, 0) is 24.6 Å². The Labute approximate surface area is 242 Å². The van der Waals surface area contributed by atoms with Crippen LogP contribution in [0.3, 0.4) is 0 Å². The standard InChI is InChI=1S/C31H26ClN7O2/c1-3-38-25(34-29-28(38)20(2)33-31(40)39(29)18-21-14-16-24(32)17-15-21)19-41-30-35-26(22-10-6-4-7-11-22)27(36-37-30)23-12-8-5-9-13-23/h4-17H,2-3,18-19H2,1H3,(H,33,40). The molecule has 0 aliphatic carbocycles. The highest BCUT2D eigenvalue weighted by Crippen LogP contribution is 2.33. The van der Waals surface area contributed by atoms with Crippen molar-refractivity contribution in [2.45, 2.75) is 26.6 Å². The number of carbonyl (C=O) groups is 1. The second-order valence-electron chi connectivity index (χ2n) is 9.38. The molecule has 3 aromatic carbocycles. The van der Waals surface area contributed by atoms with E-state index in [1.807, 2.05) is 84.3 Å². The Balaban J connectivity index is 1.32. The summed E-state index contributed by atoms with van der Waals surface area (Å²) in [5.74, 6) is 1.12. The van der Waals surface area contributed by atoms with Crippen LogP contribution in [0.4, 0.5) is 10.6 Å². The Bertz CT molecular complexity index is 1720. The second kappa shape index (κ2) is 11.2. The summed E-state index contributed by atoms with van der Waals surface area (Å²) in [4.78, 5) is 24.1. The lowest BCUT2D eigenvalue weighted by Crippen LogP contribution is -2.43. The molecule has 3 heterocycles. The highest BCUT2D eigenvalue weighted by molar-refractivity contribution is 6.30. The number of ether oxygens (including phenoxy) is 1. The van der Waals surface area contributed by atoms with Crippen LogP contribution in [0.1, 0.15) is 24.0 Å². The molecule has 10 heteroatoms. The van der Waals surface area contributed by atoms with Gasteiger partial charge in [0.1, 0.15) is 29.5 Å². The van der Waals surface area contributed by atoms with Gasteiger partial charge in [-0.25, -0.2) is 9.78 Å². The zero-order valence-electron chi connectivity index (χ0n) is 22.3. The van der Waals surface area contributed by atoms with Crippen molar-refractivity contribution in [1.29, 1.82) is 0 Å². The minimum atomic E-state index is -0.304. The van der Waals surface area contributed by atoms with Crippen molar-refractivity contribution in [2.24, 2.45) is 0 Å². The summed E-state index contributed by atoms with van der Waals surface area (Å²) in [5, 5.41) is 12.2. The van der Waals surface area contributed by atoms with Gasteiger partial charge in [0.05, 0.1) is 12.2 Å². The largest absolute Gasteiger partial charge is 0.454 e. The topological polar surface area (TPSA) is 98.1 Å². The number of rotatable bonds is 8. The van der Waals surface area contributed by atoms with E-state index in [0.717, 1.165) is 22.4 Å². The van der Waals surface area contributed by atoms with Gasteiger partial charge < -0.3 is 14.6 Å². The van der Waals surface area contributed by atoms with Crippen molar-refractivity contribution in [3.63, 3.8) is 0 Å². The SMILES string of the molecule is C=C1NC(=O)N(Cc2ccc(Cl)cc2)c2nc(COc3nnc(-c4ccccc4)c(-c4ccccc4)n3)n(CC)c21. The monoisotopic (exact) mass is 563 g/mol. The maximum absolute atomic E-state index is 13.0. The maximum Gasteiger partial charge on any atom is 0.336 e. The van der Waals surface area contributed by atoms with E-state index in [9.17, 15) is 4.79 Å². The number of nitrogens with one attached hydrogen (secondary N) is 1. The third-order valence-corrected chi connectivity index (χ3v) is 6.99. The Morgan fingerprint density at radius 2 is 1.54 bits per heavy atom. The van der Waals surface area contributed by atoms with Gasteiger partial charge in [-0.15, -0.1) is 5.10 Å². The summed E-state index contributed by atoms with van der Waals surface area (Å²) >= 11 is 6.05. The number of nitrogens with zero attached hydrogens (tertiary/aromatic N) is 6. The first kappa shape index (κ1) is 26.2. The van der Waals surface area contributed by atoms with Gasteiger partial charge in [0, 0.05) is 22.7 Å². The average molecular weight is 564 g/mol. The summed E-state index contributed by atoms with van der Waals surface area (Å²) in [7, 11) is 0. The van der Waals surface area contributed by atoms with E-state index in [-0.39, 0.29) is 18.6 Å².